The van der Waals surface area contributed by atoms with Gasteiger partial charge in [0.05, 0.1) is 5.56 Å². The average molecular weight is 607 g/mol. The van der Waals surface area contributed by atoms with Crippen LogP contribution in [-0.2, 0) is 19.0 Å². The minimum atomic E-state index is -5.75. The molecule has 3 rings (SSSR count). The van der Waals surface area contributed by atoms with Crippen LogP contribution in [0.4, 0.5) is 40.8 Å². The fourth-order valence-electron chi connectivity index (χ4n) is 5.13. The summed E-state index contributed by atoms with van der Waals surface area (Å²) in [5, 5.41) is 0. The van der Waals surface area contributed by atoms with Crippen LogP contribution in [-0.4, -0.2) is 49.1 Å². The van der Waals surface area contributed by atoms with E-state index >= 15 is 0 Å². The molecule has 1 heterocycles. The molecule has 11 heteroatoms. The van der Waals surface area contributed by atoms with E-state index in [0.29, 0.717) is 17.7 Å². The van der Waals surface area contributed by atoms with E-state index in [-0.39, 0.29) is 37.3 Å². The van der Waals surface area contributed by atoms with Gasteiger partial charge in [0.2, 0.25) is 0 Å². The molecule has 1 amide bonds. The van der Waals surface area contributed by atoms with Crippen LogP contribution in [0, 0.1) is 0 Å². The highest BCUT2D eigenvalue weighted by Gasteiger charge is 2.57. The third-order valence-corrected chi connectivity index (χ3v) is 7.68. The fourth-order valence-corrected chi connectivity index (χ4v) is 5.13. The maximum Gasteiger partial charge on any atom is 0.453 e. The number of halogens is 8. The van der Waals surface area contributed by atoms with Crippen molar-refractivity contribution in [3.63, 3.8) is 0 Å². The van der Waals surface area contributed by atoms with Crippen LogP contribution in [0.15, 0.2) is 42.5 Å². The van der Waals surface area contributed by atoms with Gasteiger partial charge in [0.25, 0.3) is 5.91 Å². The molecule has 0 atom stereocenters. The summed E-state index contributed by atoms with van der Waals surface area (Å²) in [4.78, 5) is 16.7. The normalized spacial score (nSPS) is 14.9. The molecular weight excluding hydrogens is 568 g/mol. The summed E-state index contributed by atoms with van der Waals surface area (Å²) in [6, 6.07) is 8.77. The largest absolute Gasteiger partial charge is 0.453 e. The van der Waals surface area contributed by atoms with Crippen molar-refractivity contribution in [2.75, 3.05) is 31.1 Å². The number of hydrogen-bond acceptors (Lipinski definition) is 2. The molecule has 1 aliphatic heterocycles. The minimum absolute atomic E-state index is 0.136. The van der Waals surface area contributed by atoms with E-state index in [1.807, 2.05) is 0 Å². The van der Waals surface area contributed by atoms with Crippen molar-refractivity contribution in [2.24, 2.45) is 0 Å². The number of benzene rings is 2. The molecule has 1 aliphatic rings. The van der Waals surface area contributed by atoms with Gasteiger partial charge in [0.1, 0.15) is 0 Å². The van der Waals surface area contributed by atoms with Crippen LogP contribution < -0.4 is 4.90 Å². The number of unbranched alkanes of at least 4 members (excludes halogenated alkanes) is 7. The average Bonchev–Trinajstić information content (AvgIpc) is 2.93. The molecule has 234 valence electrons. The Balaban J connectivity index is 1.69. The molecule has 3 nitrogen and oxygen atoms in total. The Labute approximate surface area is 241 Å². The number of alkyl halides is 8. The molecule has 42 heavy (non-hydrogen) atoms. The summed E-state index contributed by atoms with van der Waals surface area (Å²) in [6.45, 7) is 2.96. The van der Waals surface area contributed by atoms with Crippen molar-refractivity contribution in [2.45, 2.75) is 89.4 Å². The molecule has 0 radical (unpaired) electrons. The lowest BCUT2D eigenvalue weighted by atomic mass is 9.95. The molecule has 0 unspecified atom stereocenters. The van der Waals surface area contributed by atoms with Gasteiger partial charge in [-0.15, -0.1) is 0 Å². The van der Waals surface area contributed by atoms with Crippen LogP contribution in [0.1, 0.15) is 85.3 Å². The summed E-state index contributed by atoms with van der Waals surface area (Å²) in [5.74, 6) is -5.63. The first kappa shape index (κ1) is 33.6. The Kier molecular flexibility index (Phi) is 11.7. The number of nitrogens with zero attached hydrogens (tertiary/aromatic N) is 2. The smallest absolute Gasteiger partial charge is 0.368 e. The Morgan fingerprint density at radius 1 is 0.738 bits per heavy atom. The van der Waals surface area contributed by atoms with Crippen molar-refractivity contribution in [1.29, 1.82) is 0 Å². The van der Waals surface area contributed by atoms with Gasteiger partial charge in [-0.2, -0.15) is 35.1 Å². The second-order valence-electron chi connectivity index (χ2n) is 10.9. The minimum Gasteiger partial charge on any atom is -0.368 e. The van der Waals surface area contributed by atoms with Gasteiger partial charge < -0.3 is 9.80 Å². The molecule has 2 aromatic rings. The van der Waals surface area contributed by atoms with Crippen molar-refractivity contribution in [3.05, 3.63) is 64.7 Å². The van der Waals surface area contributed by atoms with Crippen LogP contribution in [0.3, 0.4) is 0 Å². The van der Waals surface area contributed by atoms with Gasteiger partial charge in [-0.3, -0.25) is 4.79 Å². The monoisotopic (exact) mass is 606 g/mol. The number of carbonyl (C=O) groups excluding carboxylic acids is 1. The first-order valence-electron chi connectivity index (χ1n) is 14.5. The van der Waals surface area contributed by atoms with Gasteiger partial charge in [-0.05, 0) is 54.3 Å². The zero-order valence-electron chi connectivity index (χ0n) is 23.8. The van der Waals surface area contributed by atoms with Gasteiger partial charge in [-0.25, -0.2) is 0 Å². The van der Waals surface area contributed by atoms with Gasteiger partial charge in [0.15, 0.2) is 0 Å². The maximum absolute atomic E-state index is 14.0. The Morgan fingerprint density at radius 2 is 1.31 bits per heavy atom. The molecule has 0 saturated carbocycles. The molecule has 0 aliphatic carbocycles. The molecule has 0 N–H and O–H groups in total. The van der Waals surface area contributed by atoms with Gasteiger partial charge >= 0.3 is 18.3 Å². The van der Waals surface area contributed by atoms with E-state index in [9.17, 15) is 39.9 Å². The van der Waals surface area contributed by atoms with Crippen LogP contribution >= 0.6 is 0 Å². The second-order valence-corrected chi connectivity index (χ2v) is 10.9. The summed E-state index contributed by atoms with van der Waals surface area (Å²) in [6.07, 6.45) is -2.60. The molecule has 0 aromatic heterocycles. The highest BCUT2D eigenvalue weighted by molar-refractivity contribution is 5.96. The third kappa shape index (κ3) is 9.33. The lowest BCUT2D eigenvalue weighted by Gasteiger charge is -2.36. The zero-order valence-corrected chi connectivity index (χ0v) is 23.8. The van der Waals surface area contributed by atoms with E-state index in [1.165, 1.54) is 60.9 Å². The Bertz CT molecular complexity index is 1140. The van der Waals surface area contributed by atoms with Crippen LogP contribution in [0.2, 0.25) is 0 Å². The predicted octanol–water partition coefficient (Wildman–Crippen LogP) is 9.09. The Morgan fingerprint density at radius 3 is 1.86 bits per heavy atom. The number of hydrogen-bond donors (Lipinski definition) is 0. The standard InChI is InChI=1S/C31H38F8N2O/c1-2-3-4-5-6-7-8-9-10-23-11-12-24(22-29(32,33)31(37,38)39)27(21-23)28(42)41-19-17-40(18-20-41)26-15-13-25(14-16-26)30(34,35)36/h11-16,21H,2-10,17-20,22H2,1H3. The van der Waals surface area contributed by atoms with E-state index in [1.54, 1.807) is 4.90 Å². The fraction of sp³-hybridized carbons (Fsp3) is 0.581. The number of carbonyl (C=O) groups is 1. The lowest BCUT2D eigenvalue weighted by Crippen LogP contribution is -2.49. The summed E-state index contributed by atoms with van der Waals surface area (Å²) >= 11 is 0. The number of piperazine rings is 1. The highest BCUT2D eigenvalue weighted by atomic mass is 19.4. The van der Waals surface area contributed by atoms with Crippen LogP contribution in [0.5, 0.6) is 0 Å². The van der Waals surface area contributed by atoms with E-state index < -0.39 is 36.2 Å². The molecule has 1 fully saturated rings. The molecule has 0 spiro atoms. The number of rotatable bonds is 13. The van der Waals surface area contributed by atoms with Crippen molar-refractivity contribution in [3.8, 4) is 0 Å². The quantitative estimate of drug-likeness (QED) is 0.168. The van der Waals surface area contributed by atoms with E-state index in [0.717, 1.165) is 37.8 Å². The summed E-state index contributed by atoms with van der Waals surface area (Å²) in [5.41, 5.74) is -0.0824. The second kappa shape index (κ2) is 14.6. The van der Waals surface area contributed by atoms with Crippen molar-refractivity contribution in [1.82, 2.24) is 4.90 Å². The van der Waals surface area contributed by atoms with Gasteiger partial charge in [-0.1, -0.05) is 64.0 Å². The van der Waals surface area contributed by atoms with Crippen LogP contribution in [0.25, 0.3) is 0 Å². The molecule has 0 bridgehead atoms. The molecular formula is C31H38F8N2O. The number of amides is 1. The first-order valence-corrected chi connectivity index (χ1v) is 14.5. The summed E-state index contributed by atoms with van der Waals surface area (Å²) in [7, 11) is 0. The number of anilines is 1. The topological polar surface area (TPSA) is 23.6 Å². The third-order valence-electron chi connectivity index (χ3n) is 7.68. The number of aryl methyl sites for hydroxylation is 1. The SMILES string of the molecule is CCCCCCCCCCc1ccc(CC(F)(F)C(F)(F)F)c(C(=O)N2CCN(c3ccc(C(F)(F)F)cc3)CC2)c1. The van der Waals surface area contributed by atoms with Gasteiger partial charge in [0, 0.05) is 43.9 Å². The van der Waals surface area contributed by atoms with E-state index in [2.05, 4.69) is 6.92 Å². The van der Waals surface area contributed by atoms with E-state index in [4.69, 9.17) is 0 Å². The maximum atomic E-state index is 14.0. The predicted molar refractivity (Wildman–Crippen MR) is 147 cm³/mol. The van der Waals surface area contributed by atoms with Crippen molar-refractivity contribution < 1.29 is 39.9 Å². The lowest BCUT2D eigenvalue weighted by molar-refractivity contribution is -0.281. The Hall–Kier alpha value is -2.85. The highest BCUT2D eigenvalue weighted by Crippen LogP contribution is 2.39. The summed E-state index contributed by atoms with van der Waals surface area (Å²) < 4.78 is 106. The zero-order chi connectivity index (χ0) is 31.0. The van der Waals surface area contributed by atoms with Crippen molar-refractivity contribution >= 4 is 11.6 Å². The molecule has 2 aromatic carbocycles. The first-order chi connectivity index (χ1) is 19.7. The molecule has 1 saturated heterocycles.